The van der Waals surface area contributed by atoms with Crippen LogP contribution in [0.15, 0.2) is 30.6 Å². The predicted molar refractivity (Wildman–Crippen MR) is 89.9 cm³/mol. The van der Waals surface area contributed by atoms with E-state index in [1.165, 1.54) is 34.0 Å². The van der Waals surface area contributed by atoms with Gasteiger partial charge in [0.2, 0.25) is 0 Å². The zero-order valence-electron chi connectivity index (χ0n) is 13.8. The molecule has 2 N–H and O–H groups in total. The Morgan fingerprint density at radius 3 is 3.00 bits per heavy atom. The maximum absolute atomic E-state index is 13.8. The first-order valence-corrected chi connectivity index (χ1v) is 8.11. The fraction of sp³-hybridized carbons (Fsp3) is 0.312. The van der Waals surface area contributed by atoms with Crippen LogP contribution < -0.4 is 10.2 Å². The fourth-order valence-corrected chi connectivity index (χ4v) is 2.81. The highest BCUT2D eigenvalue weighted by Crippen LogP contribution is 2.29. The van der Waals surface area contributed by atoms with Crippen molar-refractivity contribution in [3.05, 3.63) is 47.0 Å². The van der Waals surface area contributed by atoms with Gasteiger partial charge < -0.3 is 20.1 Å². The lowest BCUT2D eigenvalue weighted by Gasteiger charge is -2.21. The minimum absolute atomic E-state index is 0.0746. The van der Waals surface area contributed by atoms with Gasteiger partial charge in [-0.05, 0) is 6.07 Å². The summed E-state index contributed by atoms with van der Waals surface area (Å²) >= 11 is 5.67. The third kappa shape index (κ3) is 3.49. The summed E-state index contributed by atoms with van der Waals surface area (Å²) in [5.74, 6) is -3.71. The van der Waals surface area contributed by atoms with Crippen molar-refractivity contribution in [3.8, 4) is 0 Å². The summed E-state index contributed by atoms with van der Waals surface area (Å²) in [6.07, 6.45) is 1.92. The van der Waals surface area contributed by atoms with Gasteiger partial charge >= 0.3 is 6.09 Å². The molecule has 2 heterocycles. The van der Waals surface area contributed by atoms with Gasteiger partial charge in [0.05, 0.1) is 16.9 Å². The number of nitrogens with zero attached hydrogens (tertiary/aromatic N) is 3. The van der Waals surface area contributed by atoms with E-state index in [1.54, 1.807) is 13.2 Å². The van der Waals surface area contributed by atoms with Gasteiger partial charge in [0.1, 0.15) is 5.82 Å². The number of aliphatic hydroxyl groups is 1. The maximum Gasteiger partial charge on any atom is 0.410 e. The van der Waals surface area contributed by atoms with Crippen LogP contribution in [-0.4, -0.2) is 39.2 Å². The van der Waals surface area contributed by atoms with Gasteiger partial charge in [0.15, 0.2) is 0 Å². The number of anilines is 1. The van der Waals surface area contributed by atoms with Gasteiger partial charge in [0, 0.05) is 38.3 Å². The van der Waals surface area contributed by atoms with Crippen molar-refractivity contribution >= 4 is 29.3 Å². The smallest absolute Gasteiger partial charge is 0.407 e. The lowest BCUT2D eigenvalue weighted by molar-refractivity contribution is -0.175. The highest BCUT2D eigenvalue weighted by atomic mass is 35.5. The van der Waals surface area contributed by atoms with E-state index in [2.05, 4.69) is 10.4 Å². The lowest BCUT2D eigenvalue weighted by Crippen LogP contribution is -2.46. The van der Waals surface area contributed by atoms with Crippen LogP contribution in [0.3, 0.4) is 0 Å². The summed E-state index contributed by atoms with van der Waals surface area (Å²) in [4.78, 5) is 25.6. The molecular formula is C16H16ClFN4O4. The third-order valence-electron chi connectivity index (χ3n) is 3.97. The molecule has 1 atom stereocenters. The van der Waals surface area contributed by atoms with Gasteiger partial charge in [0.25, 0.3) is 11.7 Å². The molecule has 1 aromatic carbocycles. The molecule has 3 rings (SSSR count). The number of nitrogens with one attached hydrogen (secondary N) is 1. The van der Waals surface area contributed by atoms with Crippen LogP contribution in [0.1, 0.15) is 12.0 Å². The number of aryl methyl sites for hydroxylation is 1. The molecular weight excluding hydrogens is 367 g/mol. The van der Waals surface area contributed by atoms with Crippen LogP contribution >= 0.6 is 11.6 Å². The van der Waals surface area contributed by atoms with Gasteiger partial charge in [-0.25, -0.2) is 9.18 Å². The van der Waals surface area contributed by atoms with E-state index in [1.807, 2.05) is 0 Å². The molecule has 2 amide bonds. The molecule has 8 nitrogen and oxygen atoms in total. The van der Waals surface area contributed by atoms with Crippen molar-refractivity contribution in [2.24, 2.45) is 7.05 Å². The van der Waals surface area contributed by atoms with E-state index in [0.717, 1.165) is 0 Å². The van der Waals surface area contributed by atoms with Crippen LogP contribution in [0.5, 0.6) is 0 Å². The fourth-order valence-electron chi connectivity index (χ4n) is 2.61. The van der Waals surface area contributed by atoms with E-state index in [4.69, 9.17) is 16.3 Å². The van der Waals surface area contributed by atoms with E-state index in [0.29, 0.717) is 5.69 Å². The van der Waals surface area contributed by atoms with Crippen molar-refractivity contribution < 1.29 is 23.8 Å². The monoisotopic (exact) mass is 382 g/mol. The normalized spacial score (nSPS) is 19.7. The molecule has 10 heteroatoms. The summed E-state index contributed by atoms with van der Waals surface area (Å²) in [7, 11) is 1.69. The number of amides is 2. The van der Waals surface area contributed by atoms with Crippen molar-refractivity contribution in [1.82, 2.24) is 15.1 Å². The SMILES string of the molecule is Cn1cc(N2CC[C@@](O)(OC(=O)NCc3cccc(Cl)c3F)C2=O)cn1. The molecule has 0 saturated carbocycles. The molecule has 1 aromatic heterocycles. The number of hydrogen-bond acceptors (Lipinski definition) is 5. The zero-order valence-corrected chi connectivity index (χ0v) is 14.5. The summed E-state index contributed by atoms with van der Waals surface area (Å²) in [6, 6.07) is 4.36. The summed E-state index contributed by atoms with van der Waals surface area (Å²) in [6.45, 7) is -0.0426. The van der Waals surface area contributed by atoms with Crippen LogP contribution in [0, 0.1) is 5.82 Å². The first-order chi connectivity index (χ1) is 12.3. The molecule has 1 aliphatic heterocycles. The second kappa shape index (κ2) is 6.93. The molecule has 0 aliphatic carbocycles. The van der Waals surface area contributed by atoms with Crippen LogP contribution in [0.4, 0.5) is 14.9 Å². The molecule has 1 fully saturated rings. The van der Waals surface area contributed by atoms with E-state index in [-0.39, 0.29) is 30.1 Å². The average molecular weight is 383 g/mol. The second-order valence-electron chi connectivity index (χ2n) is 5.82. The predicted octanol–water partition coefficient (Wildman–Crippen LogP) is 1.56. The molecule has 138 valence electrons. The summed E-state index contributed by atoms with van der Waals surface area (Å²) in [5.41, 5.74) is 0.634. The van der Waals surface area contributed by atoms with E-state index < -0.39 is 23.6 Å². The highest BCUT2D eigenvalue weighted by Gasteiger charge is 2.49. The number of hydrogen-bond donors (Lipinski definition) is 2. The number of carbonyl (C=O) groups is 2. The lowest BCUT2D eigenvalue weighted by atomic mass is 10.2. The standard InChI is InChI=1S/C16H16ClFN4O4/c1-21-9-11(8-20-21)22-6-5-16(25,14(22)23)26-15(24)19-7-10-3-2-4-12(17)13(10)18/h2-4,8-9,25H,5-7H2,1H3,(H,19,24)/t16-/m1/s1. The quantitative estimate of drug-likeness (QED) is 0.782. The Kier molecular flexibility index (Phi) is 4.84. The van der Waals surface area contributed by atoms with Gasteiger partial charge in [-0.1, -0.05) is 23.7 Å². The summed E-state index contributed by atoms with van der Waals surface area (Å²) < 4.78 is 20.2. The molecule has 0 spiro atoms. The Bertz CT molecular complexity index is 859. The van der Waals surface area contributed by atoms with Crippen LogP contribution in [0.25, 0.3) is 0 Å². The molecule has 26 heavy (non-hydrogen) atoms. The van der Waals surface area contributed by atoms with Gasteiger partial charge in [-0.3, -0.25) is 9.48 Å². The first-order valence-electron chi connectivity index (χ1n) is 7.73. The Morgan fingerprint density at radius 1 is 1.54 bits per heavy atom. The minimum atomic E-state index is -2.28. The molecule has 0 bridgehead atoms. The first kappa shape index (κ1) is 18.2. The number of aromatic nitrogens is 2. The van der Waals surface area contributed by atoms with Gasteiger partial charge in [-0.2, -0.15) is 5.10 Å². The molecule has 2 aromatic rings. The number of halogens is 2. The Balaban J connectivity index is 1.62. The molecule has 0 unspecified atom stereocenters. The second-order valence-corrected chi connectivity index (χ2v) is 6.23. The molecule has 1 saturated heterocycles. The van der Waals surface area contributed by atoms with E-state index >= 15 is 0 Å². The topological polar surface area (TPSA) is 96.7 Å². The maximum atomic E-state index is 13.8. The Morgan fingerprint density at radius 2 is 2.31 bits per heavy atom. The zero-order chi connectivity index (χ0) is 18.9. The van der Waals surface area contributed by atoms with Gasteiger partial charge in [-0.15, -0.1) is 0 Å². The van der Waals surface area contributed by atoms with Crippen molar-refractivity contribution in [2.45, 2.75) is 18.8 Å². The number of rotatable bonds is 4. The number of ether oxygens (including phenoxy) is 1. The van der Waals surface area contributed by atoms with Crippen molar-refractivity contribution in [3.63, 3.8) is 0 Å². The largest absolute Gasteiger partial charge is 0.410 e. The minimum Gasteiger partial charge on any atom is -0.407 e. The van der Waals surface area contributed by atoms with Crippen molar-refractivity contribution in [2.75, 3.05) is 11.4 Å². The third-order valence-corrected chi connectivity index (χ3v) is 4.26. The Hall–Kier alpha value is -2.65. The molecule has 1 aliphatic rings. The average Bonchev–Trinajstić information content (AvgIpc) is 3.13. The summed E-state index contributed by atoms with van der Waals surface area (Å²) in [5, 5.41) is 16.5. The van der Waals surface area contributed by atoms with E-state index in [9.17, 15) is 19.1 Å². The van der Waals surface area contributed by atoms with Crippen LogP contribution in [0.2, 0.25) is 5.02 Å². The number of carbonyl (C=O) groups excluding carboxylic acids is 2. The Labute approximate surface area is 153 Å². The molecule has 0 radical (unpaired) electrons. The highest BCUT2D eigenvalue weighted by molar-refractivity contribution is 6.30. The van der Waals surface area contributed by atoms with Crippen LogP contribution in [-0.2, 0) is 23.1 Å². The number of alkyl carbamates (subject to hydrolysis) is 1. The number of benzene rings is 1. The van der Waals surface area contributed by atoms with Crippen molar-refractivity contribution in [1.29, 1.82) is 0 Å².